The van der Waals surface area contributed by atoms with Crippen molar-refractivity contribution >= 4 is 15.9 Å². The van der Waals surface area contributed by atoms with Gasteiger partial charge in [0.05, 0.1) is 13.7 Å². The van der Waals surface area contributed by atoms with E-state index in [9.17, 15) is 5.11 Å². The van der Waals surface area contributed by atoms with Gasteiger partial charge in [0.25, 0.3) is 0 Å². The monoisotopic (exact) mass is 273 g/mol. The molecule has 0 aliphatic rings. The summed E-state index contributed by atoms with van der Waals surface area (Å²) in [4.78, 5) is 0. The second-order valence-corrected chi connectivity index (χ2v) is 4.62. The number of aliphatic hydroxyl groups is 1. The zero-order valence-electron chi connectivity index (χ0n) is 8.96. The summed E-state index contributed by atoms with van der Waals surface area (Å²) in [6, 6.07) is 5.66. The van der Waals surface area contributed by atoms with Crippen LogP contribution in [-0.4, -0.2) is 25.4 Å². The van der Waals surface area contributed by atoms with E-state index in [-0.39, 0.29) is 6.61 Å². The van der Waals surface area contributed by atoms with Crippen LogP contribution in [0.1, 0.15) is 12.5 Å². The van der Waals surface area contributed by atoms with Crippen molar-refractivity contribution in [1.82, 2.24) is 0 Å². The van der Waals surface area contributed by atoms with Crippen molar-refractivity contribution in [3.05, 3.63) is 28.2 Å². The molecule has 1 unspecified atom stereocenters. The van der Waals surface area contributed by atoms with E-state index in [0.717, 1.165) is 15.8 Å². The number of halogens is 1. The molecule has 0 aliphatic carbocycles. The van der Waals surface area contributed by atoms with Crippen LogP contribution < -0.4 is 10.5 Å². The molecule has 3 N–H and O–H groups in total. The topological polar surface area (TPSA) is 55.5 Å². The molecule has 3 nitrogen and oxygen atoms in total. The molecule has 0 amide bonds. The molecule has 0 bridgehead atoms. The average Bonchev–Trinajstić information content (AvgIpc) is 2.27. The number of ether oxygens (including phenoxy) is 1. The van der Waals surface area contributed by atoms with E-state index in [2.05, 4.69) is 15.9 Å². The first kappa shape index (κ1) is 12.5. The molecule has 0 aliphatic heterocycles. The van der Waals surface area contributed by atoms with Crippen LogP contribution >= 0.6 is 15.9 Å². The molecule has 0 saturated heterocycles. The molecule has 1 aromatic rings. The summed E-state index contributed by atoms with van der Waals surface area (Å²) in [6.45, 7) is 2.35. The van der Waals surface area contributed by atoms with Gasteiger partial charge in [-0.05, 0) is 17.7 Å². The summed E-state index contributed by atoms with van der Waals surface area (Å²) in [5.74, 6) is 0.780. The molecule has 0 saturated carbocycles. The summed E-state index contributed by atoms with van der Waals surface area (Å²) in [5.41, 5.74) is 6.26. The van der Waals surface area contributed by atoms with Crippen molar-refractivity contribution in [3.63, 3.8) is 0 Å². The minimum Gasteiger partial charge on any atom is -0.497 e. The van der Waals surface area contributed by atoms with E-state index < -0.39 is 5.41 Å². The fourth-order valence-corrected chi connectivity index (χ4v) is 2.21. The number of methoxy groups -OCH3 is 1. The van der Waals surface area contributed by atoms with E-state index >= 15 is 0 Å². The first-order chi connectivity index (χ1) is 7.07. The van der Waals surface area contributed by atoms with E-state index in [4.69, 9.17) is 10.5 Å². The molecule has 4 heteroatoms. The van der Waals surface area contributed by atoms with Gasteiger partial charge < -0.3 is 15.6 Å². The van der Waals surface area contributed by atoms with Crippen LogP contribution in [0.3, 0.4) is 0 Å². The Balaban J connectivity index is 3.14. The van der Waals surface area contributed by atoms with Crippen molar-refractivity contribution in [2.75, 3.05) is 20.3 Å². The first-order valence-electron chi connectivity index (χ1n) is 4.72. The molecular weight excluding hydrogens is 258 g/mol. The lowest BCUT2D eigenvalue weighted by Crippen LogP contribution is -2.35. The third kappa shape index (κ3) is 2.51. The van der Waals surface area contributed by atoms with E-state index in [1.807, 2.05) is 25.1 Å². The lowest BCUT2D eigenvalue weighted by atomic mass is 9.83. The summed E-state index contributed by atoms with van der Waals surface area (Å²) >= 11 is 3.46. The van der Waals surface area contributed by atoms with Crippen LogP contribution in [0.5, 0.6) is 5.75 Å². The van der Waals surface area contributed by atoms with Gasteiger partial charge in [-0.25, -0.2) is 0 Å². The second-order valence-electron chi connectivity index (χ2n) is 3.77. The zero-order chi connectivity index (χ0) is 11.5. The molecule has 0 aromatic heterocycles. The van der Waals surface area contributed by atoms with Gasteiger partial charge >= 0.3 is 0 Å². The van der Waals surface area contributed by atoms with E-state index in [0.29, 0.717) is 6.54 Å². The lowest BCUT2D eigenvalue weighted by molar-refractivity contribution is 0.209. The number of hydrogen-bond acceptors (Lipinski definition) is 3. The molecule has 0 radical (unpaired) electrons. The highest BCUT2D eigenvalue weighted by Gasteiger charge is 2.26. The lowest BCUT2D eigenvalue weighted by Gasteiger charge is -2.27. The quantitative estimate of drug-likeness (QED) is 0.878. The van der Waals surface area contributed by atoms with Gasteiger partial charge in [0.15, 0.2) is 0 Å². The molecule has 0 heterocycles. The maximum atomic E-state index is 9.36. The second kappa shape index (κ2) is 4.96. The van der Waals surface area contributed by atoms with Crippen LogP contribution in [0.2, 0.25) is 0 Å². The summed E-state index contributed by atoms with van der Waals surface area (Å²) in [5, 5.41) is 9.36. The van der Waals surface area contributed by atoms with Gasteiger partial charge in [-0.1, -0.05) is 28.9 Å². The number of aliphatic hydroxyl groups excluding tert-OH is 1. The Bertz CT molecular complexity index is 337. The first-order valence-corrected chi connectivity index (χ1v) is 5.51. The number of hydrogen-bond donors (Lipinski definition) is 2. The Morgan fingerprint density at radius 3 is 2.60 bits per heavy atom. The van der Waals surface area contributed by atoms with Crippen LogP contribution in [0.4, 0.5) is 0 Å². The molecule has 15 heavy (non-hydrogen) atoms. The Morgan fingerprint density at radius 1 is 1.53 bits per heavy atom. The van der Waals surface area contributed by atoms with Crippen LogP contribution in [-0.2, 0) is 5.41 Å². The molecule has 0 spiro atoms. The normalized spacial score (nSPS) is 14.7. The average molecular weight is 274 g/mol. The van der Waals surface area contributed by atoms with Crippen molar-refractivity contribution in [1.29, 1.82) is 0 Å². The van der Waals surface area contributed by atoms with Gasteiger partial charge in [0, 0.05) is 16.4 Å². The van der Waals surface area contributed by atoms with Crippen molar-refractivity contribution in [2.45, 2.75) is 12.3 Å². The summed E-state index contributed by atoms with van der Waals surface area (Å²) < 4.78 is 6.01. The summed E-state index contributed by atoms with van der Waals surface area (Å²) in [7, 11) is 1.62. The molecule has 0 fully saturated rings. The SMILES string of the molecule is COc1ccc(C(C)(CN)CO)c(Br)c1. The predicted molar refractivity (Wildman–Crippen MR) is 64.2 cm³/mol. The molecule has 1 atom stereocenters. The standard InChI is InChI=1S/C11H16BrNO2/c1-11(6-13,7-14)9-4-3-8(15-2)5-10(9)12/h3-5,14H,6-7,13H2,1-2H3. The number of benzene rings is 1. The zero-order valence-corrected chi connectivity index (χ0v) is 10.5. The fraction of sp³-hybridized carbons (Fsp3) is 0.455. The Hall–Kier alpha value is -0.580. The summed E-state index contributed by atoms with van der Waals surface area (Å²) in [6.07, 6.45) is 0. The fourth-order valence-electron chi connectivity index (χ4n) is 1.37. The van der Waals surface area contributed by atoms with Crippen LogP contribution in [0, 0.1) is 0 Å². The van der Waals surface area contributed by atoms with Gasteiger partial charge in [0.2, 0.25) is 0 Å². The maximum Gasteiger partial charge on any atom is 0.120 e. The van der Waals surface area contributed by atoms with Gasteiger partial charge in [0.1, 0.15) is 5.75 Å². The van der Waals surface area contributed by atoms with E-state index in [1.165, 1.54) is 0 Å². The largest absolute Gasteiger partial charge is 0.497 e. The van der Waals surface area contributed by atoms with Gasteiger partial charge in [-0.3, -0.25) is 0 Å². The van der Waals surface area contributed by atoms with E-state index in [1.54, 1.807) is 7.11 Å². The molecule has 84 valence electrons. The molecule has 1 rings (SSSR count). The molecule has 1 aromatic carbocycles. The Labute approximate surface area is 98.4 Å². The van der Waals surface area contributed by atoms with Crippen molar-refractivity contribution < 1.29 is 9.84 Å². The van der Waals surface area contributed by atoms with Crippen molar-refractivity contribution in [3.8, 4) is 5.75 Å². The van der Waals surface area contributed by atoms with Crippen LogP contribution in [0.25, 0.3) is 0 Å². The highest BCUT2D eigenvalue weighted by atomic mass is 79.9. The van der Waals surface area contributed by atoms with Gasteiger partial charge in [-0.2, -0.15) is 0 Å². The third-order valence-corrected chi connectivity index (χ3v) is 3.28. The smallest absolute Gasteiger partial charge is 0.120 e. The third-order valence-electron chi connectivity index (χ3n) is 2.63. The number of nitrogens with two attached hydrogens (primary N) is 1. The van der Waals surface area contributed by atoms with Gasteiger partial charge in [-0.15, -0.1) is 0 Å². The van der Waals surface area contributed by atoms with Crippen molar-refractivity contribution in [2.24, 2.45) is 5.73 Å². The highest BCUT2D eigenvalue weighted by Crippen LogP contribution is 2.32. The Morgan fingerprint density at radius 2 is 2.20 bits per heavy atom. The maximum absolute atomic E-state index is 9.36. The minimum absolute atomic E-state index is 0.0223. The predicted octanol–water partition coefficient (Wildman–Crippen LogP) is 1.67. The molecular formula is C11H16BrNO2. The highest BCUT2D eigenvalue weighted by molar-refractivity contribution is 9.10. The van der Waals surface area contributed by atoms with Crippen LogP contribution in [0.15, 0.2) is 22.7 Å². The Kier molecular flexibility index (Phi) is 4.13. The minimum atomic E-state index is -0.412. The number of rotatable bonds is 4.